The summed E-state index contributed by atoms with van der Waals surface area (Å²) in [4.78, 5) is 0. The number of aromatic hydroxyl groups is 1. The second-order valence-corrected chi connectivity index (χ2v) is 5.73. The molecule has 1 heterocycles. The van der Waals surface area contributed by atoms with Gasteiger partial charge < -0.3 is 24.1 Å². The highest BCUT2D eigenvalue weighted by atomic mass is 16.5. The summed E-state index contributed by atoms with van der Waals surface area (Å²) in [5.41, 5.74) is 1.41. The summed E-state index contributed by atoms with van der Waals surface area (Å²) >= 11 is 0. The maximum absolute atomic E-state index is 9.72. The first-order valence-electron chi connectivity index (χ1n) is 7.82. The van der Waals surface area contributed by atoms with Gasteiger partial charge in [0.2, 0.25) is 11.6 Å². The molecule has 0 radical (unpaired) electrons. The van der Waals surface area contributed by atoms with E-state index in [1.165, 1.54) is 33.5 Å². The number of phenols is 1. The Labute approximate surface area is 150 Å². The molecule has 3 rings (SSSR count). The average molecular weight is 354 g/mol. The lowest BCUT2D eigenvalue weighted by atomic mass is 9.79. The van der Waals surface area contributed by atoms with Crippen LogP contribution in [-0.2, 0) is 0 Å². The van der Waals surface area contributed by atoms with Gasteiger partial charge >= 0.3 is 0 Å². The monoisotopic (exact) mass is 354 g/mol. The Kier molecular flexibility index (Phi) is 4.59. The first-order valence-corrected chi connectivity index (χ1v) is 7.82. The third-order valence-electron chi connectivity index (χ3n) is 4.35. The Morgan fingerprint density at radius 3 is 2.27 bits per heavy atom. The summed E-state index contributed by atoms with van der Waals surface area (Å²) in [6.07, 6.45) is 0. The molecule has 134 valence electrons. The summed E-state index contributed by atoms with van der Waals surface area (Å²) in [6.45, 7) is 0. The number of benzene rings is 2. The second kappa shape index (κ2) is 6.84. The van der Waals surface area contributed by atoms with Gasteiger partial charge in [0.1, 0.15) is 17.4 Å². The Morgan fingerprint density at radius 2 is 1.73 bits per heavy atom. The topological polar surface area (TPSA) is 105 Å². The predicted molar refractivity (Wildman–Crippen MR) is 93.5 cm³/mol. The highest BCUT2D eigenvalue weighted by molar-refractivity contribution is 5.85. The van der Waals surface area contributed by atoms with Crippen LogP contribution in [0.3, 0.4) is 0 Å². The molecular weight excluding hydrogens is 336 g/mol. The molecule has 0 saturated carbocycles. The fourth-order valence-corrected chi connectivity index (χ4v) is 3.17. The summed E-state index contributed by atoms with van der Waals surface area (Å²) < 4.78 is 21.6. The van der Waals surface area contributed by atoms with E-state index in [-0.39, 0.29) is 11.6 Å². The number of nitrogens with zero attached hydrogens (tertiary/aromatic N) is 1. The van der Waals surface area contributed by atoms with Crippen molar-refractivity contribution in [3.63, 3.8) is 0 Å². The maximum Gasteiger partial charge on any atom is 0.205 e. The zero-order valence-corrected chi connectivity index (χ0v) is 14.6. The van der Waals surface area contributed by atoms with Crippen LogP contribution in [0.15, 0.2) is 30.3 Å². The van der Waals surface area contributed by atoms with Crippen LogP contribution in [0.2, 0.25) is 0 Å². The van der Waals surface area contributed by atoms with Crippen molar-refractivity contribution in [1.29, 1.82) is 10.7 Å². The van der Waals surface area contributed by atoms with E-state index in [4.69, 9.17) is 24.4 Å². The predicted octanol–water partition coefficient (Wildman–Crippen LogP) is 3.06. The van der Waals surface area contributed by atoms with Gasteiger partial charge in [0.15, 0.2) is 11.5 Å². The fraction of sp³-hybridized carbons (Fsp3) is 0.263. The molecule has 1 aliphatic heterocycles. The summed E-state index contributed by atoms with van der Waals surface area (Å²) in [5, 5.41) is 27.4. The number of hydrogen-bond acceptors (Lipinski definition) is 7. The van der Waals surface area contributed by atoms with Crippen LogP contribution in [0.5, 0.6) is 28.7 Å². The van der Waals surface area contributed by atoms with Gasteiger partial charge in [-0.05, 0) is 23.8 Å². The van der Waals surface area contributed by atoms with E-state index in [0.29, 0.717) is 34.1 Å². The number of rotatable bonds is 4. The van der Waals surface area contributed by atoms with Crippen molar-refractivity contribution in [2.75, 3.05) is 21.3 Å². The second-order valence-electron chi connectivity index (χ2n) is 5.73. The van der Waals surface area contributed by atoms with Crippen molar-refractivity contribution in [1.82, 2.24) is 0 Å². The summed E-state index contributed by atoms with van der Waals surface area (Å²) in [5.74, 6) is 0.245. The van der Waals surface area contributed by atoms with Gasteiger partial charge in [0.25, 0.3) is 0 Å². The van der Waals surface area contributed by atoms with Crippen LogP contribution < -0.4 is 18.9 Å². The zero-order chi connectivity index (χ0) is 18.8. The van der Waals surface area contributed by atoms with Gasteiger partial charge in [0.05, 0.1) is 27.4 Å². The number of hydrogen-bond donors (Lipinski definition) is 2. The molecule has 1 aliphatic rings. The highest BCUT2D eigenvalue weighted by Gasteiger charge is 2.38. The molecule has 0 amide bonds. The lowest BCUT2D eigenvalue weighted by Crippen LogP contribution is -2.30. The normalized spacial score (nSPS) is 18.3. The van der Waals surface area contributed by atoms with E-state index in [1.54, 1.807) is 18.2 Å². The first kappa shape index (κ1) is 17.4. The van der Waals surface area contributed by atoms with Crippen molar-refractivity contribution in [2.45, 2.75) is 5.92 Å². The number of ether oxygens (including phenoxy) is 4. The SMILES string of the molecule is COc1cc(C2c3ccc(O)cc3OC(=N)C2C#N)cc(OC)c1OC. The Hall–Kier alpha value is -3.40. The molecule has 7 nitrogen and oxygen atoms in total. The van der Waals surface area contributed by atoms with Crippen LogP contribution in [0.25, 0.3) is 0 Å². The van der Waals surface area contributed by atoms with E-state index in [1.807, 2.05) is 0 Å². The Morgan fingerprint density at radius 1 is 1.08 bits per heavy atom. The first-order chi connectivity index (χ1) is 12.5. The minimum atomic E-state index is -0.824. The molecule has 0 spiro atoms. The minimum absolute atomic E-state index is 0.0237. The molecule has 0 aliphatic carbocycles. The molecule has 2 aromatic carbocycles. The van der Waals surface area contributed by atoms with E-state index in [9.17, 15) is 10.4 Å². The van der Waals surface area contributed by atoms with E-state index in [2.05, 4.69) is 6.07 Å². The van der Waals surface area contributed by atoms with Gasteiger partial charge in [-0.1, -0.05) is 6.07 Å². The van der Waals surface area contributed by atoms with E-state index in [0.717, 1.165) is 0 Å². The van der Waals surface area contributed by atoms with Gasteiger partial charge in [-0.3, -0.25) is 5.41 Å². The highest BCUT2D eigenvalue weighted by Crippen LogP contribution is 2.47. The largest absolute Gasteiger partial charge is 0.508 e. The third kappa shape index (κ3) is 2.75. The summed E-state index contributed by atoms with van der Waals surface area (Å²) in [7, 11) is 4.54. The molecule has 0 aromatic heterocycles. The maximum atomic E-state index is 9.72. The molecule has 7 heteroatoms. The quantitative estimate of drug-likeness (QED) is 0.874. The standard InChI is InChI=1S/C19H18N2O5/c1-23-15-6-10(7-16(24-2)18(15)25-3)17-12-5-4-11(22)8-14(12)26-19(21)13(17)9-20/h4-8,13,17,21-22H,1-3H3. The van der Waals surface area contributed by atoms with Crippen molar-refractivity contribution in [3.05, 3.63) is 41.5 Å². The van der Waals surface area contributed by atoms with Crippen LogP contribution in [0.1, 0.15) is 17.0 Å². The Balaban J connectivity index is 2.24. The number of nitriles is 1. The molecule has 0 saturated heterocycles. The van der Waals surface area contributed by atoms with Crippen LogP contribution in [-0.4, -0.2) is 32.3 Å². The van der Waals surface area contributed by atoms with Crippen molar-refractivity contribution < 1.29 is 24.1 Å². The van der Waals surface area contributed by atoms with Crippen molar-refractivity contribution >= 4 is 5.90 Å². The fourth-order valence-electron chi connectivity index (χ4n) is 3.17. The van der Waals surface area contributed by atoms with E-state index < -0.39 is 11.8 Å². The lowest BCUT2D eigenvalue weighted by molar-refractivity contribution is 0.323. The molecule has 2 unspecified atom stereocenters. The minimum Gasteiger partial charge on any atom is -0.508 e. The molecule has 2 N–H and O–H groups in total. The number of fused-ring (bicyclic) bond motifs is 1. The molecule has 2 aromatic rings. The summed E-state index contributed by atoms with van der Waals surface area (Å²) in [6, 6.07) is 10.3. The molecule has 2 atom stereocenters. The Bertz CT molecular complexity index is 878. The van der Waals surface area contributed by atoms with Gasteiger partial charge in [-0.2, -0.15) is 5.26 Å². The van der Waals surface area contributed by atoms with Gasteiger partial charge in [-0.25, -0.2) is 0 Å². The number of phenolic OH excluding ortho intramolecular Hbond substituents is 1. The molecule has 0 fully saturated rings. The van der Waals surface area contributed by atoms with Crippen LogP contribution in [0, 0.1) is 22.7 Å². The number of methoxy groups -OCH3 is 3. The lowest BCUT2D eigenvalue weighted by Gasteiger charge is -2.31. The van der Waals surface area contributed by atoms with Gasteiger partial charge in [0, 0.05) is 17.5 Å². The van der Waals surface area contributed by atoms with Gasteiger partial charge in [-0.15, -0.1) is 0 Å². The molecular formula is C19H18N2O5. The smallest absolute Gasteiger partial charge is 0.205 e. The molecule has 26 heavy (non-hydrogen) atoms. The average Bonchev–Trinajstić information content (AvgIpc) is 2.65. The number of nitrogens with one attached hydrogen (secondary N) is 1. The zero-order valence-electron chi connectivity index (χ0n) is 14.6. The third-order valence-corrected chi connectivity index (χ3v) is 4.35. The van der Waals surface area contributed by atoms with E-state index >= 15 is 0 Å². The van der Waals surface area contributed by atoms with Crippen molar-refractivity contribution in [3.8, 4) is 34.8 Å². The van der Waals surface area contributed by atoms with Crippen LogP contribution in [0.4, 0.5) is 0 Å². The van der Waals surface area contributed by atoms with Crippen LogP contribution >= 0.6 is 0 Å². The van der Waals surface area contributed by atoms with Crippen molar-refractivity contribution in [2.24, 2.45) is 5.92 Å². The molecule has 0 bridgehead atoms.